The molecular weight excluding hydrogens is 354 g/mol. The second kappa shape index (κ2) is 8.05. The Hall–Kier alpha value is -3.47. The standard InChI is InChI=1S/C23H21NO4/c1-16(19-9-12-21-22(13-19)28-15-27-21)24-23(25)18-7-10-20(11-8-18)26-14-17-5-3-2-4-6-17/h2-13,16H,14-15H2,1H3,(H,24,25). The minimum atomic E-state index is -0.156. The van der Waals surface area contributed by atoms with Crippen molar-refractivity contribution in [1.29, 1.82) is 0 Å². The normalized spacial score (nSPS) is 13.0. The molecule has 0 saturated heterocycles. The van der Waals surface area contributed by atoms with Gasteiger partial charge in [-0.15, -0.1) is 0 Å². The molecule has 0 bridgehead atoms. The Morgan fingerprint density at radius 1 is 1.00 bits per heavy atom. The molecule has 0 aromatic heterocycles. The molecule has 1 unspecified atom stereocenters. The van der Waals surface area contributed by atoms with Crippen LogP contribution in [0.25, 0.3) is 0 Å². The minimum absolute atomic E-state index is 0.139. The average molecular weight is 375 g/mol. The van der Waals surface area contributed by atoms with Crippen LogP contribution >= 0.6 is 0 Å². The van der Waals surface area contributed by atoms with Crippen LogP contribution in [0.2, 0.25) is 0 Å². The van der Waals surface area contributed by atoms with Gasteiger partial charge in [0.2, 0.25) is 6.79 Å². The number of amides is 1. The number of benzene rings is 3. The van der Waals surface area contributed by atoms with Crippen LogP contribution in [0.4, 0.5) is 0 Å². The van der Waals surface area contributed by atoms with Gasteiger partial charge in [-0.25, -0.2) is 0 Å². The highest BCUT2D eigenvalue weighted by Gasteiger charge is 2.17. The zero-order valence-electron chi connectivity index (χ0n) is 15.6. The van der Waals surface area contributed by atoms with Crippen LogP contribution in [0.1, 0.15) is 34.5 Å². The van der Waals surface area contributed by atoms with E-state index >= 15 is 0 Å². The zero-order chi connectivity index (χ0) is 19.3. The zero-order valence-corrected chi connectivity index (χ0v) is 15.6. The van der Waals surface area contributed by atoms with Gasteiger partial charge in [-0.3, -0.25) is 4.79 Å². The van der Waals surface area contributed by atoms with Gasteiger partial charge in [0.25, 0.3) is 5.91 Å². The number of carbonyl (C=O) groups is 1. The van der Waals surface area contributed by atoms with E-state index < -0.39 is 0 Å². The van der Waals surface area contributed by atoms with E-state index in [1.165, 1.54) is 0 Å². The van der Waals surface area contributed by atoms with Gasteiger partial charge in [0.1, 0.15) is 12.4 Å². The van der Waals surface area contributed by atoms with Gasteiger partial charge in [0, 0.05) is 5.56 Å². The first-order valence-corrected chi connectivity index (χ1v) is 9.16. The lowest BCUT2D eigenvalue weighted by Gasteiger charge is -2.15. The van der Waals surface area contributed by atoms with Crippen molar-refractivity contribution in [2.24, 2.45) is 0 Å². The van der Waals surface area contributed by atoms with Crippen molar-refractivity contribution in [3.05, 3.63) is 89.5 Å². The third kappa shape index (κ3) is 4.09. The fourth-order valence-electron chi connectivity index (χ4n) is 2.99. The molecule has 1 aliphatic rings. The molecule has 4 rings (SSSR count). The molecule has 0 aliphatic carbocycles. The minimum Gasteiger partial charge on any atom is -0.489 e. The van der Waals surface area contributed by atoms with Crippen molar-refractivity contribution in [3.63, 3.8) is 0 Å². The lowest BCUT2D eigenvalue weighted by Crippen LogP contribution is -2.26. The molecule has 0 radical (unpaired) electrons. The van der Waals surface area contributed by atoms with E-state index in [9.17, 15) is 4.79 Å². The monoisotopic (exact) mass is 375 g/mol. The summed E-state index contributed by atoms with van der Waals surface area (Å²) in [6.45, 7) is 2.67. The molecule has 28 heavy (non-hydrogen) atoms. The number of hydrogen-bond acceptors (Lipinski definition) is 4. The van der Waals surface area contributed by atoms with Crippen LogP contribution in [-0.4, -0.2) is 12.7 Å². The summed E-state index contributed by atoms with van der Waals surface area (Å²) in [6.07, 6.45) is 0. The summed E-state index contributed by atoms with van der Waals surface area (Å²) in [5.74, 6) is 2.02. The first-order valence-electron chi connectivity index (χ1n) is 9.16. The van der Waals surface area contributed by atoms with Crippen LogP contribution in [0.3, 0.4) is 0 Å². The third-order valence-corrected chi connectivity index (χ3v) is 4.61. The topological polar surface area (TPSA) is 56.8 Å². The molecule has 0 fully saturated rings. The first kappa shape index (κ1) is 17.9. The van der Waals surface area contributed by atoms with E-state index in [4.69, 9.17) is 14.2 Å². The molecule has 1 amide bonds. The average Bonchev–Trinajstić information content (AvgIpc) is 3.21. The number of ether oxygens (including phenoxy) is 3. The Balaban J connectivity index is 1.35. The molecule has 0 saturated carbocycles. The summed E-state index contributed by atoms with van der Waals surface area (Å²) in [4.78, 5) is 12.5. The molecule has 142 valence electrons. The Bertz CT molecular complexity index is 954. The number of nitrogens with one attached hydrogen (secondary N) is 1. The number of hydrogen-bond donors (Lipinski definition) is 1. The fraction of sp³-hybridized carbons (Fsp3) is 0.174. The summed E-state index contributed by atoms with van der Waals surface area (Å²) in [5, 5.41) is 3.00. The molecule has 1 N–H and O–H groups in total. The predicted molar refractivity (Wildman–Crippen MR) is 106 cm³/mol. The van der Waals surface area contributed by atoms with E-state index in [1.807, 2.05) is 67.6 Å². The largest absolute Gasteiger partial charge is 0.489 e. The maximum atomic E-state index is 12.5. The molecule has 5 heteroatoms. The third-order valence-electron chi connectivity index (χ3n) is 4.61. The van der Waals surface area contributed by atoms with Gasteiger partial charge in [-0.2, -0.15) is 0 Å². The second-order valence-electron chi connectivity index (χ2n) is 6.61. The smallest absolute Gasteiger partial charge is 0.251 e. The molecule has 5 nitrogen and oxygen atoms in total. The van der Waals surface area contributed by atoms with Crippen LogP contribution in [0.15, 0.2) is 72.8 Å². The summed E-state index contributed by atoms with van der Waals surface area (Å²) in [5.41, 5.74) is 2.64. The lowest BCUT2D eigenvalue weighted by molar-refractivity contribution is 0.0939. The van der Waals surface area contributed by atoms with Crippen molar-refractivity contribution in [1.82, 2.24) is 5.32 Å². The van der Waals surface area contributed by atoms with Gasteiger partial charge >= 0.3 is 0 Å². The first-order chi connectivity index (χ1) is 13.7. The van der Waals surface area contributed by atoms with Crippen molar-refractivity contribution < 1.29 is 19.0 Å². The maximum Gasteiger partial charge on any atom is 0.251 e. The van der Waals surface area contributed by atoms with Crippen LogP contribution in [0.5, 0.6) is 17.2 Å². The number of fused-ring (bicyclic) bond motifs is 1. The van der Waals surface area contributed by atoms with Gasteiger partial charge < -0.3 is 19.5 Å². The number of carbonyl (C=O) groups excluding carboxylic acids is 1. The maximum absolute atomic E-state index is 12.5. The molecule has 3 aromatic rings. The van der Waals surface area contributed by atoms with E-state index in [1.54, 1.807) is 12.1 Å². The molecule has 3 aromatic carbocycles. The van der Waals surface area contributed by atoms with Crippen molar-refractivity contribution in [2.45, 2.75) is 19.6 Å². The quantitative estimate of drug-likeness (QED) is 0.690. The van der Waals surface area contributed by atoms with Crippen LogP contribution in [-0.2, 0) is 6.61 Å². The molecule has 0 spiro atoms. The van der Waals surface area contributed by atoms with E-state index in [-0.39, 0.29) is 18.7 Å². The highest BCUT2D eigenvalue weighted by Crippen LogP contribution is 2.34. The summed E-state index contributed by atoms with van der Waals surface area (Å²) in [7, 11) is 0. The Labute approximate surface area is 163 Å². The Morgan fingerprint density at radius 3 is 2.54 bits per heavy atom. The van der Waals surface area contributed by atoms with E-state index in [2.05, 4.69) is 5.32 Å². The van der Waals surface area contributed by atoms with Crippen LogP contribution in [0, 0.1) is 0 Å². The highest BCUT2D eigenvalue weighted by atomic mass is 16.7. The van der Waals surface area contributed by atoms with Crippen LogP contribution < -0.4 is 19.5 Å². The highest BCUT2D eigenvalue weighted by molar-refractivity contribution is 5.94. The molecule has 1 aliphatic heterocycles. The second-order valence-corrected chi connectivity index (χ2v) is 6.61. The van der Waals surface area contributed by atoms with Crippen molar-refractivity contribution in [3.8, 4) is 17.2 Å². The summed E-state index contributed by atoms with van der Waals surface area (Å²) in [6, 6.07) is 22.6. The van der Waals surface area contributed by atoms with Crippen molar-refractivity contribution >= 4 is 5.91 Å². The molecule has 1 heterocycles. The fourth-order valence-corrected chi connectivity index (χ4v) is 2.99. The van der Waals surface area contributed by atoms with Gasteiger partial charge in [0.05, 0.1) is 6.04 Å². The molecular formula is C23H21NO4. The Morgan fingerprint density at radius 2 is 1.75 bits per heavy atom. The van der Waals surface area contributed by atoms with Gasteiger partial charge in [0.15, 0.2) is 11.5 Å². The predicted octanol–water partition coefficient (Wildman–Crippen LogP) is 4.49. The van der Waals surface area contributed by atoms with Gasteiger partial charge in [-0.05, 0) is 54.4 Å². The molecule has 1 atom stereocenters. The lowest BCUT2D eigenvalue weighted by atomic mass is 10.1. The Kier molecular flexibility index (Phi) is 5.15. The van der Waals surface area contributed by atoms with Crippen molar-refractivity contribution in [2.75, 3.05) is 6.79 Å². The number of rotatable bonds is 6. The van der Waals surface area contributed by atoms with Gasteiger partial charge in [-0.1, -0.05) is 36.4 Å². The van der Waals surface area contributed by atoms with E-state index in [0.29, 0.717) is 17.9 Å². The summed E-state index contributed by atoms with van der Waals surface area (Å²) >= 11 is 0. The van der Waals surface area contributed by atoms with E-state index in [0.717, 1.165) is 22.6 Å². The summed E-state index contributed by atoms with van der Waals surface area (Å²) < 4.78 is 16.5. The SMILES string of the molecule is CC(NC(=O)c1ccc(OCc2ccccc2)cc1)c1ccc2c(c1)OCO2.